The minimum atomic E-state index is 0.237. The van der Waals surface area contributed by atoms with Crippen LogP contribution in [0.2, 0.25) is 5.28 Å². The highest BCUT2D eigenvalue weighted by molar-refractivity contribution is 6.28. The van der Waals surface area contributed by atoms with Crippen LogP contribution in [0.3, 0.4) is 0 Å². The lowest BCUT2D eigenvalue weighted by molar-refractivity contribution is 0.396. The lowest BCUT2D eigenvalue weighted by Gasteiger charge is -2.00. The van der Waals surface area contributed by atoms with E-state index in [-0.39, 0.29) is 5.28 Å². The second-order valence-corrected chi connectivity index (χ2v) is 2.36. The highest BCUT2D eigenvalue weighted by Gasteiger charge is 1.99. The van der Waals surface area contributed by atoms with Gasteiger partial charge in [0.2, 0.25) is 11.2 Å². The Labute approximate surface area is 70.4 Å². The maximum absolute atomic E-state index is 5.61. The summed E-state index contributed by atoms with van der Waals surface area (Å²) in [6.07, 6.45) is 0.832. The first-order valence-corrected chi connectivity index (χ1v) is 3.71. The number of rotatable bonds is 2. The van der Waals surface area contributed by atoms with Crippen molar-refractivity contribution in [2.24, 2.45) is 0 Å². The first-order chi connectivity index (χ1) is 5.26. The van der Waals surface area contributed by atoms with Gasteiger partial charge in [-0.2, -0.15) is 4.98 Å². The molecule has 0 fully saturated rings. The van der Waals surface area contributed by atoms with Crippen LogP contribution in [0.25, 0.3) is 0 Å². The second-order valence-electron chi connectivity index (χ2n) is 2.02. The van der Waals surface area contributed by atoms with E-state index in [1.807, 2.05) is 6.92 Å². The Morgan fingerprint density at radius 3 is 2.82 bits per heavy atom. The third-order valence-corrected chi connectivity index (χ3v) is 1.47. The van der Waals surface area contributed by atoms with Gasteiger partial charge in [-0.1, -0.05) is 6.92 Å². The van der Waals surface area contributed by atoms with E-state index in [0.717, 1.165) is 12.1 Å². The lowest BCUT2D eigenvalue weighted by atomic mass is 10.3. The van der Waals surface area contributed by atoms with Gasteiger partial charge in [0.05, 0.1) is 7.11 Å². The minimum absolute atomic E-state index is 0.237. The Morgan fingerprint density at radius 1 is 1.55 bits per heavy atom. The van der Waals surface area contributed by atoms with E-state index >= 15 is 0 Å². The smallest absolute Gasteiger partial charge is 0.225 e. The number of halogens is 1. The Kier molecular flexibility index (Phi) is 2.65. The number of aryl methyl sites for hydroxylation is 1. The molecule has 11 heavy (non-hydrogen) atoms. The number of methoxy groups -OCH3 is 1. The van der Waals surface area contributed by atoms with Gasteiger partial charge in [-0.3, -0.25) is 0 Å². The number of ether oxygens (including phenoxy) is 1. The number of hydrogen-bond donors (Lipinski definition) is 0. The van der Waals surface area contributed by atoms with Crippen molar-refractivity contribution in [3.8, 4) is 5.88 Å². The van der Waals surface area contributed by atoms with Gasteiger partial charge in [0.25, 0.3) is 0 Å². The molecule has 0 N–H and O–H groups in total. The predicted molar refractivity (Wildman–Crippen MR) is 43.0 cm³/mol. The molecule has 1 rings (SSSR count). The third kappa shape index (κ3) is 2.05. The fourth-order valence-corrected chi connectivity index (χ4v) is 0.919. The van der Waals surface area contributed by atoms with Crippen molar-refractivity contribution in [2.75, 3.05) is 7.11 Å². The van der Waals surface area contributed by atoms with Crippen LogP contribution in [0.15, 0.2) is 6.07 Å². The molecule has 1 aromatic heterocycles. The van der Waals surface area contributed by atoms with Crippen LogP contribution >= 0.6 is 11.6 Å². The zero-order valence-electron chi connectivity index (χ0n) is 6.47. The highest BCUT2D eigenvalue weighted by Crippen LogP contribution is 2.11. The maximum Gasteiger partial charge on any atom is 0.225 e. The summed E-state index contributed by atoms with van der Waals surface area (Å²) in [6, 6.07) is 1.77. The molecule has 0 radical (unpaired) electrons. The minimum Gasteiger partial charge on any atom is -0.481 e. The summed E-state index contributed by atoms with van der Waals surface area (Å²) in [5.74, 6) is 0.516. The SMILES string of the molecule is CCc1cc(OC)nc(Cl)n1. The lowest BCUT2D eigenvalue weighted by Crippen LogP contribution is -1.94. The largest absolute Gasteiger partial charge is 0.481 e. The molecule has 0 saturated heterocycles. The third-order valence-electron chi connectivity index (χ3n) is 1.30. The van der Waals surface area contributed by atoms with E-state index in [1.165, 1.54) is 0 Å². The van der Waals surface area contributed by atoms with E-state index in [2.05, 4.69) is 9.97 Å². The van der Waals surface area contributed by atoms with E-state index in [1.54, 1.807) is 13.2 Å². The van der Waals surface area contributed by atoms with Crippen LogP contribution in [-0.2, 0) is 6.42 Å². The summed E-state index contributed by atoms with van der Waals surface area (Å²) in [5, 5.41) is 0.237. The van der Waals surface area contributed by atoms with Gasteiger partial charge in [-0.15, -0.1) is 0 Å². The fraction of sp³-hybridized carbons (Fsp3) is 0.429. The topological polar surface area (TPSA) is 35.0 Å². The Hall–Kier alpha value is -0.830. The normalized spacial score (nSPS) is 9.73. The number of hydrogen-bond acceptors (Lipinski definition) is 3. The van der Waals surface area contributed by atoms with Crippen molar-refractivity contribution >= 4 is 11.6 Å². The van der Waals surface area contributed by atoms with Gasteiger partial charge in [0.15, 0.2) is 0 Å². The summed E-state index contributed by atoms with van der Waals surface area (Å²) in [7, 11) is 1.55. The molecule has 0 aliphatic carbocycles. The second kappa shape index (κ2) is 3.53. The highest BCUT2D eigenvalue weighted by atomic mass is 35.5. The van der Waals surface area contributed by atoms with Gasteiger partial charge < -0.3 is 4.74 Å². The van der Waals surface area contributed by atoms with E-state index in [9.17, 15) is 0 Å². The molecule has 4 heteroatoms. The van der Waals surface area contributed by atoms with Crippen molar-refractivity contribution in [1.29, 1.82) is 0 Å². The molecule has 60 valence electrons. The van der Waals surface area contributed by atoms with Crippen LogP contribution in [0, 0.1) is 0 Å². The molecule has 0 bridgehead atoms. The molecule has 0 amide bonds. The molecule has 3 nitrogen and oxygen atoms in total. The Balaban J connectivity index is 3.02. The average Bonchev–Trinajstić information content (AvgIpc) is 2.03. The van der Waals surface area contributed by atoms with Crippen molar-refractivity contribution in [3.63, 3.8) is 0 Å². The molecular weight excluding hydrogens is 164 g/mol. The number of aromatic nitrogens is 2. The first kappa shape index (κ1) is 8.27. The van der Waals surface area contributed by atoms with Gasteiger partial charge in [0.1, 0.15) is 0 Å². The molecule has 0 aromatic carbocycles. The fourth-order valence-electron chi connectivity index (χ4n) is 0.727. The molecule has 0 aliphatic heterocycles. The van der Waals surface area contributed by atoms with Gasteiger partial charge in [-0.05, 0) is 18.0 Å². The van der Waals surface area contributed by atoms with Crippen LogP contribution in [0.4, 0.5) is 0 Å². The van der Waals surface area contributed by atoms with Crippen molar-refractivity contribution in [2.45, 2.75) is 13.3 Å². The molecule has 0 spiro atoms. The summed E-state index contributed by atoms with van der Waals surface area (Å²) in [6.45, 7) is 2.00. The van der Waals surface area contributed by atoms with Crippen LogP contribution < -0.4 is 4.74 Å². The molecular formula is C7H9ClN2O. The molecule has 0 atom stereocenters. The predicted octanol–water partition coefficient (Wildman–Crippen LogP) is 1.70. The average molecular weight is 173 g/mol. The summed E-state index contributed by atoms with van der Waals surface area (Å²) < 4.78 is 4.90. The van der Waals surface area contributed by atoms with Crippen LogP contribution in [0.5, 0.6) is 5.88 Å². The molecule has 0 saturated carbocycles. The van der Waals surface area contributed by atoms with E-state index in [0.29, 0.717) is 5.88 Å². The van der Waals surface area contributed by atoms with Crippen molar-refractivity contribution < 1.29 is 4.74 Å². The quantitative estimate of drug-likeness (QED) is 0.637. The van der Waals surface area contributed by atoms with Gasteiger partial charge >= 0.3 is 0 Å². The molecule has 1 aromatic rings. The first-order valence-electron chi connectivity index (χ1n) is 3.33. The monoisotopic (exact) mass is 172 g/mol. The standard InChI is InChI=1S/C7H9ClN2O/c1-3-5-4-6(11-2)10-7(8)9-5/h4H,3H2,1-2H3. The maximum atomic E-state index is 5.61. The van der Waals surface area contributed by atoms with Crippen molar-refractivity contribution in [1.82, 2.24) is 9.97 Å². The van der Waals surface area contributed by atoms with Crippen molar-refractivity contribution in [3.05, 3.63) is 17.0 Å². The van der Waals surface area contributed by atoms with Crippen LogP contribution in [0.1, 0.15) is 12.6 Å². The van der Waals surface area contributed by atoms with E-state index in [4.69, 9.17) is 16.3 Å². The van der Waals surface area contributed by atoms with E-state index < -0.39 is 0 Å². The molecule has 0 unspecified atom stereocenters. The molecule has 1 heterocycles. The van der Waals surface area contributed by atoms with Crippen LogP contribution in [-0.4, -0.2) is 17.1 Å². The summed E-state index contributed by atoms with van der Waals surface area (Å²) in [5.41, 5.74) is 0.891. The number of nitrogens with zero attached hydrogens (tertiary/aromatic N) is 2. The van der Waals surface area contributed by atoms with Gasteiger partial charge in [-0.25, -0.2) is 4.98 Å². The Morgan fingerprint density at radius 2 is 2.27 bits per heavy atom. The summed E-state index contributed by atoms with van der Waals surface area (Å²) >= 11 is 5.61. The zero-order chi connectivity index (χ0) is 8.27. The van der Waals surface area contributed by atoms with Gasteiger partial charge in [0, 0.05) is 11.8 Å². The molecule has 0 aliphatic rings. The Bertz CT molecular complexity index is 230. The summed E-state index contributed by atoms with van der Waals surface area (Å²) in [4.78, 5) is 7.81. The zero-order valence-corrected chi connectivity index (χ0v) is 7.22.